The Morgan fingerprint density at radius 3 is 2.40 bits per heavy atom. The number of rotatable bonds is 6. The largest absolute Gasteiger partial charge is 0.480 e. The highest BCUT2D eigenvalue weighted by atomic mass is 16.4. The zero-order valence-electron chi connectivity index (χ0n) is 16.5. The number of likely N-dealkylation sites (N-methyl/N-ethyl adjacent to an activating group) is 1. The molecule has 30 heavy (non-hydrogen) atoms. The smallest absolute Gasteiger partial charge is 0.323 e. The van der Waals surface area contributed by atoms with Gasteiger partial charge in [-0.05, 0) is 43.3 Å². The molecular formula is C23H19N3O4. The first-order valence-corrected chi connectivity index (χ1v) is 9.12. The lowest BCUT2D eigenvalue weighted by Crippen LogP contribution is -2.27. The molecule has 150 valence electrons. The van der Waals surface area contributed by atoms with E-state index in [0.29, 0.717) is 22.3 Å². The molecule has 1 heterocycles. The molecule has 2 aromatic carbocycles. The number of hydrogen-bond acceptors (Lipinski definition) is 4. The second-order valence-electron chi connectivity index (χ2n) is 6.76. The van der Waals surface area contributed by atoms with Crippen LogP contribution in [-0.4, -0.2) is 34.4 Å². The van der Waals surface area contributed by atoms with E-state index >= 15 is 0 Å². The van der Waals surface area contributed by atoms with Gasteiger partial charge in [-0.1, -0.05) is 18.2 Å². The van der Waals surface area contributed by atoms with Gasteiger partial charge < -0.3 is 14.6 Å². The van der Waals surface area contributed by atoms with Crippen LogP contribution in [0.5, 0.6) is 0 Å². The summed E-state index contributed by atoms with van der Waals surface area (Å²) < 4.78 is 1.56. The van der Waals surface area contributed by atoms with Crippen LogP contribution in [0.4, 0.5) is 5.69 Å². The molecule has 1 aromatic heterocycles. The molecule has 3 rings (SSSR count). The Labute approximate surface area is 173 Å². The number of Topliss-reactive ketones (excluding diaryl/α,β-unsaturated/α-hetero) is 1. The molecule has 0 fully saturated rings. The van der Waals surface area contributed by atoms with Gasteiger partial charge in [-0.15, -0.1) is 0 Å². The number of hydrogen-bond donors (Lipinski definition) is 1. The van der Waals surface area contributed by atoms with Crippen molar-refractivity contribution < 1.29 is 19.5 Å². The van der Waals surface area contributed by atoms with Gasteiger partial charge in [-0.3, -0.25) is 14.4 Å². The molecular weight excluding hydrogens is 382 g/mol. The molecule has 0 atom stereocenters. The summed E-state index contributed by atoms with van der Waals surface area (Å²) in [5, 5.41) is 19.5. The van der Waals surface area contributed by atoms with Crippen molar-refractivity contribution in [1.82, 2.24) is 4.57 Å². The van der Waals surface area contributed by atoms with Gasteiger partial charge in [0.1, 0.15) is 18.2 Å². The van der Waals surface area contributed by atoms with Crippen LogP contribution in [0.25, 0.3) is 17.0 Å². The summed E-state index contributed by atoms with van der Waals surface area (Å²) in [6, 6.07) is 15.7. The fraction of sp³-hybridized carbons (Fsp3) is 0.130. The summed E-state index contributed by atoms with van der Waals surface area (Å²) >= 11 is 0. The summed E-state index contributed by atoms with van der Waals surface area (Å²) in [5.74, 6) is -1.58. The third kappa shape index (κ3) is 4.13. The number of aromatic nitrogens is 1. The molecule has 0 saturated heterocycles. The molecule has 0 aliphatic rings. The fourth-order valence-corrected chi connectivity index (χ4v) is 3.18. The molecule has 0 aliphatic carbocycles. The maximum absolute atomic E-state index is 12.9. The molecule has 7 nitrogen and oxygen atoms in total. The van der Waals surface area contributed by atoms with Crippen molar-refractivity contribution in [3.8, 4) is 6.07 Å². The van der Waals surface area contributed by atoms with Crippen LogP contribution in [0, 0.1) is 11.3 Å². The predicted molar refractivity (Wildman–Crippen MR) is 113 cm³/mol. The van der Waals surface area contributed by atoms with E-state index in [0.717, 1.165) is 5.39 Å². The van der Waals surface area contributed by atoms with Crippen LogP contribution >= 0.6 is 0 Å². The number of carbonyl (C=O) groups excluding carboxylic acids is 2. The van der Waals surface area contributed by atoms with Crippen molar-refractivity contribution in [3.05, 3.63) is 71.4 Å². The minimum absolute atomic E-state index is 0.0779. The third-order valence-electron chi connectivity index (χ3n) is 4.74. The number of nitrogens with zero attached hydrogens (tertiary/aromatic N) is 3. The summed E-state index contributed by atoms with van der Waals surface area (Å²) in [5.41, 5.74) is 2.26. The van der Waals surface area contributed by atoms with Crippen molar-refractivity contribution in [2.24, 2.45) is 0 Å². The van der Waals surface area contributed by atoms with Crippen molar-refractivity contribution >= 4 is 40.3 Å². The lowest BCUT2D eigenvalue weighted by atomic mass is 10.1. The molecule has 0 spiro atoms. The standard InChI is InChI=1S/C23H19N3O4/c1-15(27)16-7-9-19(10-8-16)25(2)23(30)17(12-24)11-18-13-26(14-22(28)29)21-6-4-3-5-20(18)21/h3-11,13H,14H2,1-2H3,(H,28,29). The van der Waals surface area contributed by atoms with Crippen molar-refractivity contribution in [2.45, 2.75) is 13.5 Å². The lowest BCUT2D eigenvalue weighted by molar-refractivity contribution is -0.137. The van der Waals surface area contributed by atoms with E-state index in [4.69, 9.17) is 5.11 Å². The predicted octanol–water partition coefficient (Wildman–Crippen LogP) is 3.50. The molecule has 0 saturated carbocycles. The minimum atomic E-state index is -0.989. The molecule has 7 heteroatoms. The number of nitriles is 1. The number of aliphatic carboxylic acids is 1. The van der Waals surface area contributed by atoms with Gasteiger partial charge in [0.15, 0.2) is 5.78 Å². The first kappa shape index (κ1) is 20.6. The number of para-hydroxylation sites is 1. The second-order valence-corrected chi connectivity index (χ2v) is 6.76. The van der Waals surface area contributed by atoms with Crippen molar-refractivity contribution in [2.75, 3.05) is 11.9 Å². The maximum Gasteiger partial charge on any atom is 0.323 e. The Bertz CT molecular complexity index is 1210. The normalized spacial score (nSPS) is 11.2. The van der Waals surface area contributed by atoms with E-state index in [9.17, 15) is 19.6 Å². The highest BCUT2D eigenvalue weighted by molar-refractivity contribution is 6.12. The second kappa shape index (κ2) is 8.45. The Morgan fingerprint density at radius 1 is 1.13 bits per heavy atom. The number of fused-ring (bicyclic) bond motifs is 1. The first-order valence-electron chi connectivity index (χ1n) is 9.12. The highest BCUT2D eigenvalue weighted by Crippen LogP contribution is 2.25. The molecule has 0 bridgehead atoms. The summed E-state index contributed by atoms with van der Waals surface area (Å²) in [6.45, 7) is 1.23. The highest BCUT2D eigenvalue weighted by Gasteiger charge is 2.18. The number of carboxylic acid groups (broad SMARTS) is 1. The van der Waals surface area contributed by atoms with E-state index < -0.39 is 11.9 Å². The zero-order valence-corrected chi connectivity index (χ0v) is 16.5. The Morgan fingerprint density at radius 2 is 1.80 bits per heavy atom. The molecule has 3 aromatic rings. The summed E-state index contributed by atoms with van der Waals surface area (Å²) in [4.78, 5) is 36.8. The summed E-state index contributed by atoms with van der Waals surface area (Å²) in [6.07, 6.45) is 3.08. The van der Waals surface area contributed by atoms with E-state index in [2.05, 4.69) is 0 Å². The topological polar surface area (TPSA) is 103 Å². The van der Waals surface area contributed by atoms with Gasteiger partial charge in [0, 0.05) is 41.0 Å². The van der Waals surface area contributed by atoms with Crippen molar-refractivity contribution in [1.29, 1.82) is 5.26 Å². The van der Waals surface area contributed by atoms with Crippen LogP contribution in [-0.2, 0) is 16.1 Å². The molecule has 0 aliphatic heterocycles. The average Bonchev–Trinajstić information content (AvgIpc) is 3.07. The minimum Gasteiger partial charge on any atom is -0.480 e. The van der Waals surface area contributed by atoms with Gasteiger partial charge in [0.2, 0.25) is 0 Å². The van der Waals surface area contributed by atoms with Gasteiger partial charge in [-0.2, -0.15) is 5.26 Å². The molecule has 1 N–H and O–H groups in total. The SMILES string of the molecule is CC(=O)c1ccc(N(C)C(=O)C(C#N)=Cc2cn(CC(=O)O)c3ccccc23)cc1. The lowest BCUT2D eigenvalue weighted by Gasteiger charge is -2.17. The number of carbonyl (C=O) groups is 3. The Hall–Kier alpha value is -4.18. The average molecular weight is 401 g/mol. The number of ketones is 1. The van der Waals surface area contributed by atoms with Gasteiger partial charge in [0.25, 0.3) is 5.91 Å². The number of amides is 1. The monoisotopic (exact) mass is 401 g/mol. The number of anilines is 1. The zero-order chi connectivity index (χ0) is 21.8. The van der Waals surface area contributed by atoms with E-state index in [1.165, 1.54) is 17.9 Å². The molecule has 0 radical (unpaired) electrons. The van der Waals surface area contributed by atoms with E-state index in [1.54, 1.807) is 60.3 Å². The Kier molecular flexibility index (Phi) is 5.79. The Balaban J connectivity index is 1.97. The molecule has 1 amide bonds. The molecule has 0 unspecified atom stereocenters. The van der Waals surface area contributed by atoms with Gasteiger partial charge in [-0.25, -0.2) is 0 Å². The van der Waals surface area contributed by atoms with Crippen LogP contribution in [0.1, 0.15) is 22.8 Å². The van der Waals surface area contributed by atoms with E-state index in [-0.39, 0.29) is 17.9 Å². The van der Waals surface area contributed by atoms with Crippen LogP contribution in [0.3, 0.4) is 0 Å². The van der Waals surface area contributed by atoms with Crippen LogP contribution in [0.2, 0.25) is 0 Å². The number of benzene rings is 2. The van der Waals surface area contributed by atoms with Gasteiger partial charge in [0.05, 0.1) is 0 Å². The quantitative estimate of drug-likeness (QED) is 0.387. The maximum atomic E-state index is 12.9. The fourth-order valence-electron chi connectivity index (χ4n) is 3.18. The van der Waals surface area contributed by atoms with Crippen molar-refractivity contribution in [3.63, 3.8) is 0 Å². The third-order valence-corrected chi connectivity index (χ3v) is 4.74. The van der Waals surface area contributed by atoms with Crippen LogP contribution in [0.15, 0.2) is 60.3 Å². The van der Waals surface area contributed by atoms with Crippen LogP contribution < -0.4 is 4.90 Å². The first-order chi connectivity index (χ1) is 14.3. The van der Waals surface area contributed by atoms with Gasteiger partial charge >= 0.3 is 5.97 Å². The number of carboxylic acids is 1. The summed E-state index contributed by atoms with van der Waals surface area (Å²) in [7, 11) is 1.55. The van der Waals surface area contributed by atoms with E-state index in [1.807, 2.05) is 12.1 Å².